The Bertz CT molecular complexity index is 1390. The van der Waals surface area contributed by atoms with Crippen LogP contribution in [0, 0.1) is 0 Å². The van der Waals surface area contributed by atoms with Gasteiger partial charge in [0.1, 0.15) is 6.54 Å². The molecule has 0 fully saturated rings. The molecule has 41 heavy (non-hydrogen) atoms. The molecule has 0 spiro atoms. The number of amides is 2. The fraction of sp³-hybridized carbons (Fsp3) is 0.333. The Labute approximate surface area is 245 Å². The SMILES string of the molecule is CCCCN(CC(=O)N(Cc1ccccc1)Cc1cccn1Cc1ccccc1)C(=O)c1ccc(C(C)(C)C)cc1. The van der Waals surface area contributed by atoms with Crippen LogP contribution in [-0.4, -0.2) is 39.3 Å². The molecule has 5 nitrogen and oxygen atoms in total. The third-order valence-corrected chi connectivity index (χ3v) is 7.43. The molecule has 4 aromatic rings. The van der Waals surface area contributed by atoms with Crippen LogP contribution in [0.5, 0.6) is 0 Å². The molecule has 1 heterocycles. The number of carbonyl (C=O) groups excluding carboxylic acids is 2. The first-order valence-corrected chi connectivity index (χ1v) is 14.6. The summed E-state index contributed by atoms with van der Waals surface area (Å²) in [6.07, 6.45) is 3.85. The molecule has 0 bridgehead atoms. The topological polar surface area (TPSA) is 45.6 Å². The lowest BCUT2D eigenvalue weighted by Crippen LogP contribution is -2.43. The number of hydrogen-bond acceptors (Lipinski definition) is 2. The van der Waals surface area contributed by atoms with Crippen molar-refractivity contribution in [3.05, 3.63) is 131 Å². The molecular weight excluding hydrogens is 506 g/mol. The van der Waals surface area contributed by atoms with Crippen LogP contribution >= 0.6 is 0 Å². The monoisotopic (exact) mass is 549 g/mol. The first kappa shape index (κ1) is 29.9. The highest BCUT2D eigenvalue weighted by molar-refractivity contribution is 5.96. The summed E-state index contributed by atoms with van der Waals surface area (Å²) < 4.78 is 2.19. The van der Waals surface area contributed by atoms with Crippen molar-refractivity contribution in [1.82, 2.24) is 14.4 Å². The Morgan fingerprint density at radius 2 is 1.37 bits per heavy atom. The fourth-order valence-electron chi connectivity index (χ4n) is 4.92. The minimum atomic E-state index is -0.0978. The van der Waals surface area contributed by atoms with E-state index in [0.29, 0.717) is 25.2 Å². The largest absolute Gasteiger partial charge is 0.345 e. The Balaban J connectivity index is 1.55. The van der Waals surface area contributed by atoms with Gasteiger partial charge in [-0.05, 0) is 52.8 Å². The Hall–Kier alpha value is -4.12. The van der Waals surface area contributed by atoms with Crippen LogP contribution in [0.1, 0.15) is 73.3 Å². The minimum Gasteiger partial charge on any atom is -0.345 e. The van der Waals surface area contributed by atoms with Crippen molar-refractivity contribution in [2.45, 2.75) is 65.6 Å². The van der Waals surface area contributed by atoms with E-state index >= 15 is 0 Å². The van der Waals surface area contributed by atoms with Gasteiger partial charge in [-0.15, -0.1) is 0 Å². The number of rotatable bonds is 12. The molecule has 0 aliphatic rings. The second-order valence-corrected chi connectivity index (χ2v) is 11.8. The summed E-state index contributed by atoms with van der Waals surface area (Å²) in [7, 11) is 0. The molecule has 2 amide bonds. The molecule has 3 aromatic carbocycles. The summed E-state index contributed by atoms with van der Waals surface area (Å²) in [5.41, 5.74) is 5.13. The van der Waals surface area contributed by atoms with Crippen molar-refractivity contribution in [2.75, 3.05) is 13.1 Å². The van der Waals surface area contributed by atoms with Crippen LogP contribution < -0.4 is 0 Å². The van der Waals surface area contributed by atoms with Crippen molar-refractivity contribution in [3.8, 4) is 0 Å². The van der Waals surface area contributed by atoms with Crippen molar-refractivity contribution in [1.29, 1.82) is 0 Å². The number of aromatic nitrogens is 1. The normalized spacial score (nSPS) is 11.3. The molecule has 0 atom stereocenters. The van der Waals surface area contributed by atoms with Crippen molar-refractivity contribution < 1.29 is 9.59 Å². The van der Waals surface area contributed by atoms with Gasteiger partial charge in [0.25, 0.3) is 5.91 Å². The van der Waals surface area contributed by atoms with Gasteiger partial charge in [0, 0.05) is 37.1 Å². The predicted octanol–water partition coefficient (Wildman–Crippen LogP) is 7.31. The Kier molecular flexibility index (Phi) is 10.2. The Morgan fingerprint density at radius 1 is 0.732 bits per heavy atom. The molecule has 0 aliphatic carbocycles. The lowest BCUT2D eigenvalue weighted by molar-refractivity contribution is -0.133. The van der Waals surface area contributed by atoms with Gasteiger partial charge in [-0.3, -0.25) is 9.59 Å². The van der Waals surface area contributed by atoms with Gasteiger partial charge in [0.05, 0.1) is 6.54 Å². The maximum Gasteiger partial charge on any atom is 0.254 e. The van der Waals surface area contributed by atoms with E-state index in [-0.39, 0.29) is 23.8 Å². The highest BCUT2D eigenvalue weighted by atomic mass is 16.2. The van der Waals surface area contributed by atoms with E-state index in [4.69, 9.17) is 0 Å². The van der Waals surface area contributed by atoms with Crippen LogP contribution in [0.2, 0.25) is 0 Å². The van der Waals surface area contributed by atoms with Crippen molar-refractivity contribution in [2.24, 2.45) is 0 Å². The zero-order valence-electron chi connectivity index (χ0n) is 24.9. The number of unbranched alkanes of at least 4 members (excludes halogenated alkanes) is 1. The molecule has 0 N–H and O–H groups in total. The second-order valence-electron chi connectivity index (χ2n) is 11.8. The van der Waals surface area contributed by atoms with Crippen molar-refractivity contribution in [3.63, 3.8) is 0 Å². The first-order chi connectivity index (χ1) is 19.7. The quantitative estimate of drug-likeness (QED) is 0.186. The summed E-state index contributed by atoms with van der Waals surface area (Å²) in [6.45, 7) is 10.9. The first-order valence-electron chi connectivity index (χ1n) is 14.6. The summed E-state index contributed by atoms with van der Waals surface area (Å²) >= 11 is 0. The summed E-state index contributed by atoms with van der Waals surface area (Å²) in [6, 6.07) is 32.3. The van der Waals surface area contributed by atoms with Crippen LogP contribution in [-0.2, 0) is 29.8 Å². The van der Waals surface area contributed by atoms with Gasteiger partial charge < -0.3 is 14.4 Å². The molecule has 0 saturated heterocycles. The van der Waals surface area contributed by atoms with Gasteiger partial charge in [0.2, 0.25) is 5.91 Å². The lowest BCUT2D eigenvalue weighted by atomic mass is 9.86. The van der Waals surface area contributed by atoms with E-state index in [1.165, 1.54) is 11.1 Å². The third-order valence-electron chi connectivity index (χ3n) is 7.43. The maximum absolute atomic E-state index is 14.0. The van der Waals surface area contributed by atoms with E-state index in [1.807, 2.05) is 83.8 Å². The van der Waals surface area contributed by atoms with E-state index < -0.39 is 0 Å². The van der Waals surface area contributed by atoms with Gasteiger partial charge in [-0.1, -0.05) is 107 Å². The number of benzene rings is 3. The Morgan fingerprint density at radius 3 is 1.98 bits per heavy atom. The number of carbonyl (C=O) groups is 2. The van der Waals surface area contributed by atoms with Crippen LogP contribution in [0.4, 0.5) is 0 Å². The highest BCUT2D eigenvalue weighted by Gasteiger charge is 2.24. The molecular formula is C36H43N3O2. The van der Waals surface area contributed by atoms with E-state index in [9.17, 15) is 9.59 Å². The second kappa shape index (κ2) is 14.0. The fourth-order valence-corrected chi connectivity index (χ4v) is 4.92. The van der Waals surface area contributed by atoms with Gasteiger partial charge >= 0.3 is 0 Å². The summed E-state index contributed by atoms with van der Waals surface area (Å²) in [4.78, 5) is 31.2. The maximum atomic E-state index is 14.0. The number of hydrogen-bond donors (Lipinski definition) is 0. The average Bonchev–Trinajstić information content (AvgIpc) is 3.41. The molecule has 0 radical (unpaired) electrons. The molecule has 1 aromatic heterocycles. The van der Waals surface area contributed by atoms with Crippen LogP contribution in [0.3, 0.4) is 0 Å². The van der Waals surface area contributed by atoms with E-state index in [1.54, 1.807) is 4.90 Å². The van der Waals surface area contributed by atoms with Crippen LogP contribution in [0.25, 0.3) is 0 Å². The summed E-state index contributed by atoms with van der Waals surface area (Å²) in [5.74, 6) is -0.156. The van der Waals surface area contributed by atoms with Crippen molar-refractivity contribution >= 4 is 11.8 Å². The van der Waals surface area contributed by atoms with Gasteiger partial charge in [-0.25, -0.2) is 0 Å². The van der Waals surface area contributed by atoms with Crippen LogP contribution in [0.15, 0.2) is 103 Å². The summed E-state index contributed by atoms with van der Waals surface area (Å²) in [5, 5.41) is 0. The molecule has 0 saturated carbocycles. The highest BCUT2D eigenvalue weighted by Crippen LogP contribution is 2.23. The standard InChI is InChI=1S/C36H43N3O2/c1-5-6-23-38(35(41)31-19-21-32(22-20-31)36(2,3)4)28-34(40)39(26-30-16-11-8-12-17-30)27-33-18-13-24-37(33)25-29-14-9-7-10-15-29/h7-22,24H,5-6,23,25-28H2,1-4H3. The van der Waals surface area contributed by atoms with Gasteiger partial charge in [-0.2, -0.15) is 0 Å². The van der Waals surface area contributed by atoms with Gasteiger partial charge in [0.15, 0.2) is 0 Å². The van der Waals surface area contributed by atoms with E-state index in [2.05, 4.69) is 56.7 Å². The molecule has 214 valence electrons. The number of nitrogens with zero attached hydrogens (tertiary/aromatic N) is 3. The van der Waals surface area contributed by atoms with E-state index in [0.717, 1.165) is 30.6 Å². The zero-order valence-corrected chi connectivity index (χ0v) is 24.9. The molecule has 0 aliphatic heterocycles. The average molecular weight is 550 g/mol. The zero-order chi connectivity index (χ0) is 29.2. The predicted molar refractivity (Wildman–Crippen MR) is 167 cm³/mol. The molecule has 0 unspecified atom stereocenters. The minimum absolute atomic E-state index is 0.00948. The molecule has 4 rings (SSSR count). The lowest BCUT2D eigenvalue weighted by Gasteiger charge is -2.28. The third kappa shape index (κ3) is 8.43. The molecule has 5 heteroatoms. The smallest absolute Gasteiger partial charge is 0.254 e.